The second-order valence-corrected chi connectivity index (χ2v) is 9.34. The lowest BCUT2D eigenvalue weighted by Gasteiger charge is -2.27. The quantitative estimate of drug-likeness (QED) is 0.719. The minimum absolute atomic E-state index is 0.152. The van der Waals surface area contributed by atoms with Gasteiger partial charge in [-0.15, -0.1) is 11.8 Å². The van der Waals surface area contributed by atoms with Gasteiger partial charge in [0.25, 0.3) is 0 Å². The van der Waals surface area contributed by atoms with Crippen LogP contribution in [0.25, 0.3) is 0 Å². The summed E-state index contributed by atoms with van der Waals surface area (Å²) < 4.78 is 5.13. The maximum absolute atomic E-state index is 12.7. The number of fused-ring (bicyclic) bond motifs is 1. The number of aliphatic imine (C=N–C) groups is 2. The number of halogens is 1. The molecular weight excluding hydrogens is 408 g/mol. The van der Waals surface area contributed by atoms with Crippen molar-refractivity contribution in [2.45, 2.75) is 35.7 Å². The molecule has 2 aliphatic rings. The highest BCUT2D eigenvalue weighted by Crippen LogP contribution is 2.43. The van der Waals surface area contributed by atoms with Crippen LogP contribution in [-0.2, 0) is 9.48 Å². The first kappa shape index (κ1) is 19.8. The molecule has 1 N–H and O–H groups in total. The summed E-state index contributed by atoms with van der Waals surface area (Å²) in [6.45, 7) is 4.35. The molecule has 2 unspecified atom stereocenters. The Morgan fingerprint density at radius 3 is 2.69 bits per heavy atom. The predicted octanol–water partition coefficient (Wildman–Crippen LogP) is 4.68. The fraction of sp³-hybridized carbons (Fsp3) is 0.286. The molecule has 150 valence electrons. The van der Waals surface area contributed by atoms with E-state index in [0.717, 1.165) is 4.90 Å². The van der Waals surface area contributed by atoms with Crippen molar-refractivity contribution in [3.63, 3.8) is 0 Å². The van der Waals surface area contributed by atoms with Crippen molar-refractivity contribution in [2.75, 3.05) is 12.0 Å². The van der Waals surface area contributed by atoms with Gasteiger partial charge >= 0.3 is 6.03 Å². The Hall–Kier alpha value is -2.51. The van der Waals surface area contributed by atoms with Gasteiger partial charge in [-0.25, -0.2) is 14.8 Å². The van der Waals surface area contributed by atoms with Crippen molar-refractivity contribution in [1.82, 2.24) is 5.32 Å². The summed E-state index contributed by atoms with van der Waals surface area (Å²) in [7, 11) is 1.53. The highest BCUT2D eigenvalue weighted by molar-refractivity contribution is 8.00. The molecule has 8 heteroatoms. The van der Waals surface area contributed by atoms with Crippen LogP contribution in [0.5, 0.6) is 0 Å². The van der Waals surface area contributed by atoms with E-state index in [4.69, 9.17) is 16.3 Å². The molecule has 29 heavy (non-hydrogen) atoms. The number of anilines is 1. The van der Waals surface area contributed by atoms with E-state index in [1.807, 2.05) is 36.4 Å². The standard InChI is InChI=1S/C21H21ClN4O2S/c1-21(2,13-7-5-4-6-8-13)29-14-9-10-15(22)16(11-14)26-18-17(25-20(26)27)19(28-3)24-12-23-18/h4-12,17-18H,1-3H3,(H,25,27). The van der Waals surface area contributed by atoms with E-state index in [1.54, 1.807) is 16.7 Å². The average Bonchev–Trinajstić information content (AvgIpc) is 3.05. The number of thioether (sulfide) groups is 1. The number of nitrogens with one attached hydrogen (secondary N) is 1. The molecule has 2 heterocycles. The SMILES string of the molecule is COC1=NC=NC2C1NC(=O)N2c1cc(SC(C)(C)c2ccccc2)ccc1Cl. The van der Waals surface area contributed by atoms with E-state index < -0.39 is 12.2 Å². The maximum atomic E-state index is 12.7. The maximum Gasteiger partial charge on any atom is 0.324 e. The first-order valence-corrected chi connectivity index (χ1v) is 10.4. The molecule has 0 bridgehead atoms. The number of ether oxygens (including phenoxy) is 1. The lowest BCUT2D eigenvalue weighted by Crippen LogP contribution is -2.43. The van der Waals surface area contributed by atoms with Gasteiger partial charge in [0.1, 0.15) is 12.4 Å². The van der Waals surface area contributed by atoms with Gasteiger partial charge < -0.3 is 10.1 Å². The van der Waals surface area contributed by atoms with E-state index in [2.05, 4.69) is 41.3 Å². The van der Waals surface area contributed by atoms with Crippen LogP contribution < -0.4 is 10.2 Å². The second kappa shape index (κ2) is 7.72. The van der Waals surface area contributed by atoms with Gasteiger partial charge in [-0.3, -0.25) is 4.90 Å². The van der Waals surface area contributed by atoms with E-state index >= 15 is 0 Å². The number of carbonyl (C=O) groups is 1. The molecule has 0 spiro atoms. The highest BCUT2D eigenvalue weighted by atomic mass is 35.5. The Balaban J connectivity index is 1.65. The number of urea groups is 1. The van der Waals surface area contributed by atoms with E-state index in [0.29, 0.717) is 16.6 Å². The van der Waals surface area contributed by atoms with Crippen LogP contribution in [0.4, 0.5) is 10.5 Å². The molecule has 6 nitrogen and oxygen atoms in total. The summed E-state index contributed by atoms with van der Waals surface area (Å²) in [5.41, 5.74) is 1.83. The van der Waals surface area contributed by atoms with Gasteiger partial charge in [-0.2, -0.15) is 0 Å². The molecule has 2 amide bonds. The van der Waals surface area contributed by atoms with Gasteiger partial charge in [0, 0.05) is 9.64 Å². The lowest BCUT2D eigenvalue weighted by atomic mass is 10.0. The zero-order valence-corrected chi connectivity index (χ0v) is 17.9. The fourth-order valence-corrected chi connectivity index (χ4v) is 4.85. The Labute approximate surface area is 179 Å². The minimum Gasteiger partial charge on any atom is -0.482 e. The smallest absolute Gasteiger partial charge is 0.324 e. The van der Waals surface area contributed by atoms with Crippen molar-refractivity contribution in [3.8, 4) is 0 Å². The normalized spacial score (nSPS) is 20.9. The van der Waals surface area contributed by atoms with Crippen LogP contribution in [0.3, 0.4) is 0 Å². The van der Waals surface area contributed by atoms with Crippen molar-refractivity contribution in [1.29, 1.82) is 0 Å². The lowest BCUT2D eigenvalue weighted by molar-refractivity contribution is 0.251. The van der Waals surface area contributed by atoms with Crippen LogP contribution in [0.1, 0.15) is 19.4 Å². The number of benzene rings is 2. The minimum atomic E-state index is -0.491. The predicted molar refractivity (Wildman–Crippen MR) is 118 cm³/mol. The van der Waals surface area contributed by atoms with Crippen LogP contribution >= 0.6 is 23.4 Å². The first-order chi connectivity index (χ1) is 13.9. The average molecular weight is 429 g/mol. The molecular formula is C21H21ClN4O2S. The van der Waals surface area contributed by atoms with E-state index in [-0.39, 0.29) is 10.8 Å². The van der Waals surface area contributed by atoms with Gasteiger partial charge in [0.2, 0.25) is 5.90 Å². The number of methoxy groups -OCH3 is 1. The number of amides is 2. The van der Waals surface area contributed by atoms with Crippen molar-refractivity contribution in [2.24, 2.45) is 9.98 Å². The monoisotopic (exact) mass is 428 g/mol. The van der Waals surface area contributed by atoms with E-state index in [1.165, 1.54) is 19.0 Å². The van der Waals surface area contributed by atoms with Crippen LogP contribution in [0, 0.1) is 0 Å². The van der Waals surface area contributed by atoms with Crippen molar-refractivity contribution in [3.05, 3.63) is 59.1 Å². The summed E-state index contributed by atoms with van der Waals surface area (Å²) in [4.78, 5) is 23.8. The molecule has 4 rings (SSSR count). The van der Waals surface area contributed by atoms with Crippen molar-refractivity contribution < 1.29 is 9.53 Å². The zero-order chi connectivity index (χ0) is 20.6. The Morgan fingerprint density at radius 1 is 1.21 bits per heavy atom. The Morgan fingerprint density at radius 2 is 1.97 bits per heavy atom. The zero-order valence-electron chi connectivity index (χ0n) is 16.3. The number of nitrogens with zero attached hydrogens (tertiary/aromatic N) is 3. The highest BCUT2D eigenvalue weighted by Gasteiger charge is 2.45. The fourth-order valence-electron chi connectivity index (χ4n) is 3.49. The molecule has 1 saturated heterocycles. The third kappa shape index (κ3) is 3.72. The largest absolute Gasteiger partial charge is 0.482 e. The molecule has 0 aromatic heterocycles. The number of rotatable bonds is 4. The molecule has 2 aromatic carbocycles. The molecule has 1 fully saturated rings. The van der Waals surface area contributed by atoms with Gasteiger partial charge in [0.05, 0.1) is 17.8 Å². The van der Waals surface area contributed by atoms with E-state index in [9.17, 15) is 4.79 Å². The Bertz CT molecular complexity index is 993. The molecule has 2 aliphatic heterocycles. The van der Waals surface area contributed by atoms with Gasteiger partial charge in [-0.1, -0.05) is 41.9 Å². The summed E-state index contributed by atoms with van der Waals surface area (Å²) >= 11 is 8.20. The topological polar surface area (TPSA) is 66.3 Å². The number of carbonyl (C=O) groups excluding carboxylic acids is 1. The second-order valence-electron chi connectivity index (χ2n) is 7.24. The third-order valence-electron chi connectivity index (χ3n) is 4.96. The molecule has 0 saturated carbocycles. The molecule has 0 radical (unpaired) electrons. The van der Waals surface area contributed by atoms with Crippen LogP contribution in [0.15, 0.2) is 63.4 Å². The first-order valence-electron chi connectivity index (χ1n) is 9.18. The molecule has 2 aromatic rings. The molecule has 0 aliphatic carbocycles. The number of hydrogen-bond acceptors (Lipinski definition) is 5. The summed E-state index contributed by atoms with van der Waals surface area (Å²) in [5, 5.41) is 3.36. The third-order valence-corrected chi connectivity index (χ3v) is 6.51. The van der Waals surface area contributed by atoms with Gasteiger partial charge in [-0.05, 0) is 37.6 Å². The van der Waals surface area contributed by atoms with Crippen LogP contribution in [0.2, 0.25) is 5.02 Å². The van der Waals surface area contributed by atoms with Crippen molar-refractivity contribution >= 4 is 47.3 Å². The summed E-state index contributed by atoms with van der Waals surface area (Å²) in [6, 6.07) is 15.3. The van der Waals surface area contributed by atoms with Gasteiger partial charge in [0.15, 0.2) is 6.17 Å². The van der Waals surface area contributed by atoms with Crippen LogP contribution in [-0.4, -0.2) is 37.6 Å². The summed E-state index contributed by atoms with van der Waals surface area (Å²) in [6.07, 6.45) is 0.924. The summed E-state index contributed by atoms with van der Waals surface area (Å²) in [5.74, 6) is 0.424. The Kier molecular flexibility index (Phi) is 5.27. The molecule has 2 atom stereocenters. The number of hydrogen-bond donors (Lipinski definition) is 1.